The number of carbonyl (C=O) groups is 1. The number of carbonyl (C=O) groups excluding carboxylic acids is 1. The Morgan fingerprint density at radius 2 is 2.12 bits per heavy atom. The van der Waals surface area contributed by atoms with Gasteiger partial charge in [-0.2, -0.15) is 5.10 Å². The Hall–Kier alpha value is -1.83. The fourth-order valence-electron chi connectivity index (χ4n) is 2.76. The minimum absolute atomic E-state index is 0.0616. The molecule has 1 fully saturated rings. The lowest BCUT2D eigenvalue weighted by molar-refractivity contribution is -0.121. The zero-order valence-corrected chi connectivity index (χ0v) is 15.9. The molecule has 0 aliphatic carbocycles. The first-order chi connectivity index (χ1) is 12.3. The van der Waals surface area contributed by atoms with Crippen LogP contribution in [0, 0.1) is 5.92 Å². The smallest absolute Gasteiger partial charge is 0.240 e. The highest BCUT2D eigenvalue weighted by molar-refractivity contribution is 7.91. The number of sulfone groups is 1. The summed E-state index contributed by atoms with van der Waals surface area (Å²) < 4.78 is 28.4. The van der Waals surface area contributed by atoms with Gasteiger partial charge >= 0.3 is 0 Å². The number of furan rings is 1. The van der Waals surface area contributed by atoms with Crippen molar-refractivity contribution in [3.63, 3.8) is 0 Å². The standard InChI is InChI=1S/C17H16Cl2N2O4S/c18-12-1-3-15(19)14(8-12)16-4-2-13(25-16)9-20-21-17(22)7-11-5-6-26(23,24)10-11/h1-4,8-9,11H,5-7,10H2,(H,21,22)/b20-9-/t11-/m0/s1. The minimum atomic E-state index is -2.99. The molecule has 26 heavy (non-hydrogen) atoms. The fraction of sp³-hybridized carbons (Fsp3) is 0.294. The monoisotopic (exact) mass is 414 g/mol. The highest BCUT2D eigenvalue weighted by Crippen LogP contribution is 2.31. The number of nitrogens with zero attached hydrogens (tertiary/aromatic N) is 1. The summed E-state index contributed by atoms with van der Waals surface area (Å²) in [5.41, 5.74) is 3.04. The van der Waals surface area contributed by atoms with Gasteiger partial charge in [0.05, 0.1) is 22.7 Å². The van der Waals surface area contributed by atoms with Crippen molar-refractivity contribution in [2.45, 2.75) is 12.8 Å². The van der Waals surface area contributed by atoms with E-state index in [1.54, 1.807) is 30.3 Å². The minimum Gasteiger partial charge on any atom is -0.455 e. The molecule has 6 nitrogen and oxygen atoms in total. The quantitative estimate of drug-likeness (QED) is 0.598. The first-order valence-electron chi connectivity index (χ1n) is 7.90. The van der Waals surface area contributed by atoms with Gasteiger partial charge in [0.2, 0.25) is 5.91 Å². The lowest BCUT2D eigenvalue weighted by atomic mass is 10.1. The van der Waals surface area contributed by atoms with E-state index in [4.69, 9.17) is 27.6 Å². The van der Waals surface area contributed by atoms with E-state index < -0.39 is 9.84 Å². The van der Waals surface area contributed by atoms with Crippen molar-refractivity contribution < 1.29 is 17.6 Å². The molecule has 1 N–H and O–H groups in total. The molecule has 1 saturated heterocycles. The molecule has 2 heterocycles. The predicted molar refractivity (Wildman–Crippen MR) is 101 cm³/mol. The largest absolute Gasteiger partial charge is 0.455 e. The van der Waals surface area contributed by atoms with Gasteiger partial charge in [0.15, 0.2) is 9.84 Å². The van der Waals surface area contributed by atoms with Crippen LogP contribution in [0.3, 0.4) is 0 Å². The second-order valence-corrected chi connectivity index (χ2v) is 9.16. The third-order valence-electron chi connectivity index (χ3n) is 4.00. The molecular formula is C17H16Cl2N2O4S. The Bertz CT molecular complexity index is 953. The van der Waals surface area contributed by atoms with E-state index in [0.29, 0.717) is 33.6 Å². The molecule has 0 unspecified atom stereocenters. The first kappa shape index (κ1) is 18.9. The van der Waals surface area contributed by atoms with Crippen molar-refractivity contribution in [3.05, 3.63) is 46.1 Å². The Morgan fingerprint density at radius 1 is 1.31 bits per heavy atom. The molecule has 2 aromatic rings. The number of amides is 1. The Kier molecular flexibility index (Phi) is 5.70. The van der Waals surface area contributed by atoms with Gasteiger partial charge in [-0.1, -0.05) is 23.2 Å². The van der Waals surface area contributed by atoms with Crippen LogP contribution in [0.2, 0.25) is 10.0 Å². The zero-order valence-electron chi connectivity index (χ0n) is 13.6. The summed E-state index contributed by atoms with van der Waals surface area (Å²) in [5.74, 6) is 0.700. The van der Waals surface area contributed by atoms with Crippen molar-refractivity contribution >= 4 is 45.2 Å². The van der Waals surface area contributed by atoms with E-state index in [-0.39, 0.29) is 29.8 Å². The van der Waals surface area contributed by atoms with Gasteiger partial charge in [-0.3, -0.25) is 4.79 Å². The molecule has 1 aromatic carbocycles. The summed E-state index contributed by atoms with van der Waals surface area (Å²) in [5, 5.41) is 4.89. The van der Waals surface area contributed by atoms with Crippen LogP contribution in [0.1, 0.15) is 18.6 Å². The number of benzene rings is 1. The van der Waals surface area contributed by atoms with Crippen molar-refractivity contribution in [1.29, 1.82) is 0 Å². The van der Waals surface area contributed by atoms with Crippen LogP contribution in [0.25, 0.3) is 11.3 Å². The van der Waals surface area contributed by atoms with E-state index in [0.717, 1.165) is 0 Å². The molecule has 1 amide bonds. The maximum absolute atomic E-state index is 11.8. The van der Waals surface area contributed by atoms with Crippen LogP contribution in [0.4, 0.5) is 0 Å². The highest BCUT2D eigenvalue weighted by atomic mass is 35.5. The number of hydrogen-bond acceptors (Lipinski definition) is 5. The predicted octanol–water partition coefficient (Wildman–Crippen LogP) is 3.53. The van der Waals surface area contributed by atoms with Crippen LogP contribution in [0.5, 0.6) is 0 Å². The zero-order chi connectivity index (χ0) is 18.7. The summed E-state index contributed by atoms with van der Waals surface area (Å²) in [6.45, 7) is 0. The van der Waals surface area contributed by atoms with Crippen molar-refractivity contribution in [2.75, 3.05) is 11.5 Å². The third-order valence-corrected chi connectivity index (χ3v) is 6.40. The molecule has 1 aliphatic heterocycles. The summed E-state index contributed by atoms with van der Waals surface area (Å²) in [7, 11) is -2.99. The molecule has 0 spiro atoms. The lowest BCUT2D eigenvalue weighted by Gasteiger charge is -2.04. The van der Waals surface area contributed by atoms with Gasteiger partial charge in [0.25, 0.3) is 0 Å². The van der Waals surface area contributed by atoms with Gasteiger partial charge < -0.3 is 4.42 Å². The third kappa shape index (κ3) is 4.87. The van der Waals surface area contributed by atoms with Crippen LogP contribution in [-0.2, 0) is 14.6 Å². The normalized spacial score (nSPS) is 19.1. The number of halogens is 2. The summed E-state index contributed by atoms with van der Waals surface area (Å²) in [4.78, 5) is 11.8. The van der Waals surface area contributed by atoms with Crippen LogP contribution in [-0.4, -0.2) is 32.0 Å². The van der Waals surface area contributed by atoms with Gasteiger partial charge in [-0.25, -0.2) is 13.8 Å². The summed E-state index contributed by atoms with van der Waals surface area (Å²) >= 11 is 12.1. The van der Waals surface area contributed by atoms with Crippen LogP contribution < -0.4 is 5.43 Å². The van der Waals surface area contributed by atoms with Crippen LogP contribution in [0.15, 0.2) is 39.9 Å². The van der Waals surface area contributed by atoms with Crippen molar-refractivity contribution in [1.82, 2.24) is 5.43 Å². The van der Waals surface area contributed by atoms with Crippen molar-refractivity contribution in [3.8, 4) is 11.3 Å². The van der Waals surface area contributed by atoms with E-state index in [2.05, 4.69) is 10.5 Å². The maximum atomic E-state index is 11.8. The Labute approximate surface area is 161 Å². The van der Waals surface area contributed by atoms with Crippen LogP contribution >= 0.6 is 23.2 Å². The fourth-order valence-corrected chi connectivity index (χ4v) is 5.01. The highest BCUT2D eigenvalue weighted by Gasteiger charge is 2.29. The maximum Gasteiger partial charge on any atom is 0.240 e. The van der Waals surface area contributed by atoms with Gasteiger partial charge in [-0.05, 0) is 42.7 Å². The average molecular weight is 415 g/mol. The van der Waals surface area contributed by atoms with E-state index >= 15 is 0 Å². The van der Waals surface area contributed by atoms with Gasteiger partial charge in [0.1, 0.15) is 11.5 Å². The number of rotatable bonds is 5. The lowest BCUT2D eigenvalue weighted by Crippen LogP contribution is -2.21. The van der Waals surface area contributed by atoms with Crippen molar-refractivity contribution in [2.24, 2.45) is 11.0 Å². The average Bonchev–Trinajstić information content (AvgIpc) is 3.16. The number of hydrazone groups is 1. The Morgan fingerprint density at radius 3 is 2.85 bits per heavy atom. The van der Waals surface area contributed by atoms with E-state index in [1.807, 2.05) is 0 Å². The molecule has 138 valence electrons. The van der Waals surface area contributed by atoms with Gasteiger partial charge in [-0.15, -0.1) is 0 Å². The Balaban J connectivity index is 1.57. The SMILES string of the molecule is O=C(C[C@@H]1CCS(=O)(=O)C1)N/N=C\c1ccc(-c2cc(Cl)ccc2Cl)o1. The summed E-state index contributed by atoms with van der Waals surface area (Å²) in [6, 6.07) is 8.47. The molecule has 0 bridgehead atoms. The number of hydrogen-bond donors (Lipinski definition) is 1. The molecular weight excluding hydrogens is 399 g/mol. The molecule has 3 rings (SSSR count). The molecule has 0 radical (unpaired) electrons. The second-order valence-electron chi connectivity index (χ2n) is 6.09. The van der Waals surface area contributed by atoms with E-state index in [1.165, 1.54) is 6.21 Å². The number of nitrogens with one attached hydrogen (secondary N) is 1. The second kappa shape index (κ2) is 7.82. The molecule has 1 aromatic heterocycles. The topological polar surface area (TPSA) is 88.7 Å². The molecule has 9 heteroatoms. The molecule has 1 aliphatic rings. The summed E-state index contributed by atoms with van der Waals surface area (Å²) in [6.07, 6.45) is 2.02. The molecule has 1 atom stereocenters. The van der Waals surface area contributed by atoms with Gasteiger partial charge in [0, 0.05) is 17.0 Å². The van der Waals surface area contributed by atoms with E-state index in [9.17, 15) is 13.2 Å². The molecule has 0 saturated carbocycles. The first-order valence-corrected chi connectivity index (χ1v) is 10.5.